The Morgan fingerprint density at radius 2 is 2.14 bits per heavy atom. The summed E-state index contributed by atoms with van der Waals surface area (Å²) in [4.78, 5) is 11.3. The standard InChI is InChI=1S/C11H21NO2/c1-2-3-4-5-8-14-11(13)10(12)9-6-7-9/h9-10H,2-8,12H2,1H3. The first-order chi connectivity index (χ1) is 6.75. The van der Waals surface area contributed by atoms with E-state index in [9.17, 15) is 4.79 Å². The summed E-state index contributed by atoms with van der Waals surface area (Å²) in [7, 11) is 0. The zero-order valence-corrected chi connectivity index (χ0v) is 9.00. The molecule has 0 spiro atoms. The zero-order chi connectivity index (χ0) is 10.4. The molecule has 1 unspecified atom stereocenters. The molecular weight excluding hydrogens is 178 g/mol. The number of carbonyl (C=O) groups excluding carboxylic acids is 1. The predicted molar refractivity (Wildman–Crippen MR) is 55.8 cm³/mol. The molecule has 1 atom stereocenters. The van der Waals surface area contributed by atoms with Gasteiger partial charge in [-0.05, 0) is 25.2 Å². The number of nitrogens with two attached hydrogens (primary N) is 1. The van der Waals surface area contributed by atoms with E-state index in [2.05, 4.69) is 6.92 Å². The van der Waals surface area contributed by atoms with E-state index in [1.165, 1.54) is 12.8 Å². The van der Waals surface area contributed by atoms with Crippen LogP contribution in [-0.2, 0) is 9.53 Å². The summed E-state index contributed by atoms with van der Waals surface area (Å²) in [6, 6.07) is -0.360. The first-order valence-corrected chi connectivity index (χ1v) is 5.68. The highest BCUT2D eigenvalue weighted by atomic mass is 16.5. The first kappa shape index (κ1) is 11.5. The lowest BCUT2D eigenvalue weighted by Crippen LogP contribution is -2.34. The summed E-state index contributed by atoms with van der Waals surface area (Å²) in [5, 5.41) is 0. The van der Waals surface area contributed by atoms with Crippen LogP contribution in [0.3, 0.4) is 0 Å². The van der Waals surface area contributed by atoms with Crippen LogP contribution in [0.1, 0.15) is 45.4 Å². The van der Waals surface area contributed by atoms with Crippen LogP contribution in [0.2, 0.25) is 0 Å². The third kappa shape index (κ3) is 4.09. The Hall–Kier alpha value is -0.570. The Morgan fingerprint density at radius 1 is 1.43 bits per heavy atom. The average Bonchev–Trinajstić information content (AvgIpc) is 2.99. The fourth-order valence-corrected chi connectivity index (χ4v) is 1.45. The maximum absolute atomic E-state index is 11.3. The minimum absolute atomic E-state index is 0.205. The van der Waals surface area contributed by atoms with Gasteiger partial charge in [0.15, 0.2) is 0 Å². The summed E-state index contributed by atoms with van der Waals surface area (Å²) in [5.41, 5.74) is 5.69. The topological polar surface area (TPSA) is 52.3 Å². The Bertz CT molecular complexity index is 178. The van der Waals surface area contributed by atoms with E-state index in [-0.39, 0.29) is 12.0 Å². The fraction of sp³-hybridized carbons (Fsp3) is 0.909. The van der Waals surface area contributed by atoms with Gasteiger partial charge in [0.2, 0.25) is 0 Å². The molecule has 0 heterocycles. The Balaban J connectivity index is 1.97. The van der Waals surface area contributed by atoms with Gasteiger partial charge in [-0.15, -0.1) is 0 Å². The van der Waals surface area contributed by atoms with Gasteiger partial charge < -0.3 is 10.5 Å². The number of ether oxygens (including phenoxy) is 1. The molecular formula is C11H21NO2. The Morgan fingerprint density at radius 3 is 2.71 bits per heavy atom. The van der Waals surface area contributed by atoms with Crippen molar-refractivity contribution in [1.82, 2.24) is 0 Å². The van der Waals surface area contributed by atoms with Crippen LogP contribution in [0.15, 0.2) is 0 Å². The molecule has 0 radical (unpaired) electrons. The summed E-state index contributed by atoms with van der Waals surface area (Å²) in [6.45, 7) is 2.70. The Kier molecular flexibility index (Phi) is 4.94. The first-order valence-electron chi connectivity index (χ1n) is 5.68. The number of rotatable bonds is 7. The fourth-order valence-electron chi connectivity index (χ4n) is 1.45. The number of carbonyl (C=O) groups is 1. The molecule has 1 fully saturated rings. The summed E-state index contributed by atoms with van der Waals surface area (Å²) < 4.78 is 5.09. The van der Waals surface area contributed by atoms with E-state index in [1.54, 1.807) is 0 Å². The molecule has 1 saturated carbocycles. The van der Waals surface area contributed by atoms with Crippen molar-refractivity contribution in [3.05, 3.63) is 0 Å². The number of esters is 1. The van der Waals surface area contributed by atoms with E-state index in [0.717, 1.165) is 25.7 Å². The molecule has 0 aromatic heterocycles. The minimum atomic E-state index is -0.360. The van der Waals surface area contributed by atoms with Gasteiger partial charge in [-0.2, -0.15) is 0 Å². The Labute approximate surface area is 86.0 Å². The van der Waals surface area contributed by atoms with E-state index >= 15 is 0 Å². The molecule has 14 heavy (non-hydrogen) atoms. The third-order valence-corrected chi connectivity index (χ3v) is 2.64. The van der Waals surface area contributed by atoms with Crippen LogP contribution in [0, 0.1) is 5.92 Å². The van der Waals surface area contributed by atoms with Gasteiger partial charge in [0.1, 0.15) is 6.04 Å². The van der Waals surface area contributed by atoms with E-state index in [4.69, 9.17) is 10.5 Å². The molecule has 0 aromatic rings. The molecule has 0 saturated heterocycles. The van der Waals surface area contributed by atoms with E-state index in [0.29, 0.717) is 12.5 Å². The second-order valence-electron chi connectivity index (χ2n) is 4.09. The lowest BCUT2D eigenvalue weighted by atomic mass is 10.2. The number of unbranched alkanes of at least 4 members (excludes halogenated alkanes) is 3. The number of hydrogen-bond donors (Lipinski definition) is 1. The van der Waals surface area contributed by atoms with Crippen LogP contribution in [0.5, 0.6) is 0 Å². The molecule has 0 bridgehead atoms. The van der Waals surface area contributed by atoms with Crippen LogP contribution >= 0.6 is 0 Å². The summed E-state index contributed by atoms with van der Waals surface area (Å²) in [5.74, 6) is 0.196. The molecule has 0 aromatic carbocycles. The zero-order valence-electron chi connectivity index (χ0n) is 9.00. The van der Waals surface area contributed by atoms with Gasteiger partial charge in [-0.25, -0.2) is 0 Å². The van der Waals surface area contributed by atoms with Crippen LogP contribution < -0.4 is 5.73 Å². The van der Waals surface area contributed by atoms with Crippen molar-refractivity contribution < 1.29 is 9.53 Å². The van der Waals surface area contributed by atoms with Gasteiger partial charge in [-0.1, -0.05) is 26.2 Å². The molecule has 3 nitrogen and oxygen atoms in total. The smallest absolute Gasteiger partial charge is 0.323 e. The van der Waals surface area contributed by atoms with Crippen molar-refractivity contribution in [2.45, 2.75) is 51.5 Å². The van der Waals surface area contributed by atoms with Crippen LogP contribution in [0.25, 0.3) is 0 Å². The van der Waals surface area contributed by atoms with Gasteiger partial charge in [-0.3, -0.25) is 4.79 Å². The van der Waals surface area contributed by atoms with Crippen molar-refractivity contribution >= 4 is 5.97 Å². The van der Waals surface area contributed by atoms with Gasteiger partial charge in [0.25, 0.3) is 0 Å². The number of hydrogen-bond acceptors (Lipinski definition) is 3. The SMILES string of the molecule is CCCCCCOC(=O)C(N)C1CC1. The molecule has 1 aliphatic rings. The molecule has 0 aliphatic heterocycles. The maximum atomic E-state index is 11.3. The maximum Gasteiger partial charge on any atom is 0.323 e. The van der Waals surface area contributed by atoms with Crippen LogP contribution in [-0.4, -0.2) is 18.6 Å². The van der Waals surface area contributed by atoms with Gasteiger partial charge >= 0.3 is 5.97 Å². The lowest BCUT2D eigenvalue weighted by Gasteiger charge is -2.09. The monoisotopic (exact) mass is 199 g/mol. The largest absolute Gasteiger partial charge is 0.465 e. The lowest BCUT2D eigenvalue weighted by molar-refractivity contribution is -0.145. The molecule has 1 rings (SSSR count). The van der Waals surface area contributed by atoms with Crippen LogP contribution in [0.4, 0.5) is 0 Å². The second-order valence-corrected chi connectivity index (χ2v) is 4.09. The molecule has 0 amide bonds. The van der Waals surface area contributed by atoms with E-state index < -0.39 is 0 Å². The highest BCUT2D eigenvalue weighted by molar-refractivity contribution is 5.76. The normalized spacial score (nSPS) is 17.9. The highest BCUT2D eigenvalue weighted by Crippen LogP contribution is 2.31. The summed E-state index contributed by atoms with van der Waals surface area (Å²) >= 11 is 0. The minimum Gasteiger partial charge on any atom is -0.465 e. The highest BCUT2D eigenvalue weighted by Gasteiger charge is 2.34. The van der Waals surface area contributed by atoms with Crippen molar-refractivity contribution in [1.29, 1.82) is 0 Å². The van der Waals surface area contributed by atoms with E-state index in [1.807, 2.05) is 0 Å². The van der Waals surface area contributed by atoms with Crippen molar-refractivity contribution in [2.24, 2.45) is 11.7 Å². The molecule has 2 N–H and O–H groups in total. The molecule has 1 aliphatic carbocycles. The van der Waals surface area contributed by atoms with Crippen molar-refractivity contribution in [2.75, 3.05) is 6.61 Å². The van der Waals surface area contributed by atoms with Gasteiger partial charge in [0.05, 0.1) is 6.61 Å². The predicted octanol–water partition coefficient (Wildman–Crippen LogP) is 1.85. The average molecular weight is 199 g/mol. The van der Waals surface area contributed by atoms with Crippen molar-refractivity contribution in [3.63, 3.8) is 0 Å². The summed E-state index contributed by atoms with van der Waals surface area (Å²) in [6.07, 6.45) is 6.71. The molecule has 3 heteroatoms. The molecule has 82 valence electrons. The van der Waals surface area contributed by atoms with Gasteiger partial charge in [0, 0.05) is 0 Å². The second kappa shape index (κ2) is 6.02. The third-order valence-electron chi connectivity index (χ3n) is 2.64. The quantitative estimate of drug-likeness (QED) is 0.503. The van der Waals surface area contributed by atoms with Crippen molar-refractivity contribution in [3.8, 4) is 0 Å².